The highest BCUT2D eigenvalue weighted by Gasteiger charge is 2.18. The summed E-state index contributed by atoms with van der Waals surface area (Å²) in [5, 5.41) is 3.21. The number of benzene rings is 2. The highest BCUT2D eigenvalue weighted by molar-refractivity contribution is 5.96. The minimum Gasteiger partial charge on any atom is -0.458 e. The van der Waals surface area contributed by atoms with E-state index in [1.807, 2.05) is 56.3 Å². The number of para-hydroxylation sites is 2. The summed E-state index contributed by atoms with van der Waals surface area (Å²) in [6.45, 7) is 7.08. The maximum atomic E-state index is 12.6. The number of nitrogens with one attached hydrogen (secondary N) is 1. The Bertz CT molecular complexity index is 957. The first kappa shape index (κ1) is 18.8. The molecular formula is C21H23N3O3. The lowest BCUT2D eigenvalue weighted by atomic mass is 10.1. The minimum atomic E-state index is -0.528. The third kappa shape index (κ3) is 4.60. The molecular weight excluding hydrogens is 342 g/mol. The average Bonchev–Trinajstić information content (AvgIpc) is 2.67. The van der Waals surface area contributed by atoms with Crippen LogP contribution in [0.5, 0.6) is 0 Å². The fourth-order valence-corrected chi connectivity index (χ4v) is 2.59. The number of carbonyl (C=O) groups excluding carboxylic acids is 1. The van der Waals surface area contributed by atoms with E-state index in [2.05, 4.69) is 22.2 Å². The van der Waals surface area contributed by atoms with Crippen molar-refractivity contribution in [1.82, 2.24) is 9.97 Å². The second-order valence-electron chi connectivity index (χ2n) is 6.17. The van der Waals surface area contributed by atoms with Gasteiger partial charge in [-0.1, -0.05) is 18.2 Å². The molecule has 3 rings (SSSR count). The van der Waals surface area contributed by atoms with Crippen LogP contribution < -0.4 is 5.32 Å². The monoisotopic (exact) mass is 365 g/mol. The Morgan fingerprint density at radius 2 is 1.74 bits per heavy atom. The molecule has 0 spiro atoms. The lowest BCUT2D eigenvalue weighted by molar-refractivity contribution is 0.0330. The predicted molar refractivity (Wildman–Crippen MR) is 106 cm³/mol. The molecule has 0 unspecified atom stereocenters. The van der Waals surface area contributed by atoms with Crippen molar-refractivity contribution in [3.63, 3.8) is 0 Å². The first-order valence-corrected chi connectivity index (χ1v) is 8.94. The van der Waals surface area contributed by atoms with Gasteiger partial charge in [0.2, 0.25) is 0 Å². The number of hydrogen-bond donors (Lipinski definition) is 1. The van der Waals surface area contributed by atoms with Crippen molar-refractivity contribution < 1.29 is 14.3 Å². The van der Waals surface area contributed by atoms with Crippen LogP contribution in [-0.2, 0) is 9.47 Å². The summed E-state index contributed by atoms with van der Waals surface area (Å²) in [7, 11) is 0. The van der Waals surface area contributed by atoms with Gasteiger partial charge >= 0.3 is 5.97 Å². The van der Waals surface area contributed by atoms with E-state index >= 15 is 0 Å². The van der Waals surface area contributed by atoms with Gasteiger partial charge in [-0.2, -0.15) is 0 Å². The third-order valence-corrected chi connectivity index (χ3v) is 4.20. The lowest BCUT2D eigenvalue weighted by Gasteiger charge is -2.12. The number of aromatic nitrogens is 2. The lowest BCUT2D eigenvalue weighted by Crippen LogP contribution is -2.15. The largest absolute Gasteiger partial charge is 0.458 e. The number of anilines is 2. The Balaban J connectivity index is 1.93. The van der Waals surface area contributed by atoms with E-state index < -0.39 is 5.97 Å². The van der Waals surface area contributed by atoms with Crippen LogP contribution in [0.2, 0.25) is 0 Å². The summed E-state index contributed by atoms with van der Waals surface area (Å²) in [6.07, 6.45) is 0. The Morgan fingerprint density at radius 3 is 2.44 bits per heavy atom. The van der Waals surface area contributed by atoms with Crippen molar-refractivity contribution in [2.75, 3.05) is 25.1 Å². The van der Waals surface area contributed by atoms with Gasteiger partial charge in [-0.25, -0.2) is 14.8 Å². The van der Waals surface area contributed by atoms with Gasteiger partial charge in [-0.3, -0.25) is 0 Å². The maximum absolute atomic E-state index is 12.6. The van der Waals surface area contributed by atoms with Gasteiger partial charge in [0.1, 0.15) is 6.61 Å². The van der Waals surface area contributed by atoms with Crippen molar-refractivity contribution in [1.29, 1.82) is 0 Å². The van der Waals surface area contributed by atoms with E-state index in [0.717, 1.165) is 11.3 Å². The second kappa shape index (κ2) is 8.60. The SMILES string of the molecule is CCOCCOC(=O)c1nc2ccccc2nc1Nc1ccc(C)c(C)c1. The van der Waals surface area contributed by atoms with Crippen molar-refractivity contribution in [3.8, 4) is 0 Å². The molecule has 1 aromatic heterocycles. The molecule has 3 aromatic rings. The maximum Gasteiger partial charge on any atom is 0.360 e. The zero-order chi connectivity index (χ0) is 19.2. The summed E-state index contributed by atoms with van der Waals surface area (Å²) in [6, 6.07) is 13.4. The Morgan fingerprint density at radius 1 is 1.00 bits per heavy atom. The molecule has 0 fully saturated rings. The van der Waals surface area contributed by atoms with Crippen LogP contribution in [0.1, 0.15) is 28.5 Å². The molecule has 0 atom stereocenters. The molecule has 0 radical (unpaired) electrons. The van der Waals surface area contributed by atoms with Crippen LogP contribution in [0.15, 0.2) is 42.5 Å². The average molecular weight is 365 g/mol. The fourth-order valence-electron chi connectivity index (χ4n) is 2.59. The van der Waals surface area contributed by atoms with Crippen LogP contribution in [0.25, 0.3) is 11.0 Å². The summed E-state index contributed by atoms with van der Waals surface area (Å²) in [4.78, 5) is 21.6. The molecule has 0 saturated heterocycles. The van der Waals surface area contributed by atoms with Crippen molar-refractivity contribution >= 4 is 28.5 Å². The normalized spacial score (nSPS) is 10.8. The Labute approximate surface area is 158 Å². The highest BCUT2D eigenvalue weighted by atomic mass is 16.6. The second-order valence-corrected chi connectivity index (χ2v) is 6.17. The predicted octanol–water partition coefficient (Wildman–Crippen LogP) is 4.18. The topological polar surface area (TPSA) is 73.3 Å². The van der Waals surface area contributed by atoms with Crippen molar-refractivity contribution in [2.45, 2.75) is 20.8 Å². The fraction of sp³-hybridized carbons (Fsp3) is 0.286. The van der Waals surface area contributed by atoms with Crippen LogP contribution in [0.3, 0.4) is 0 Å². The van der Waals surface area contributed by atoms with E-state index in [1.165, 1.54) is 5.56 Å². The number of nitrogens with zero attached hydrogens (tertiary/aromatic N) is 2. The number of hydrogen-bond acceptors (Lipinski definition) is 6. The molecule has 27 heavy (non-hydrogen) atoms. The number of carbonyl (C=O) groups is 1. The third-order valence-electron chi connectivity index (χ3n) is 4.20. The van der Waals surface area contributed by atoms with Gasteiger partial charge in [0.05, 0.1) is 17.6 Å². The zero-order valence-corrected chi connectivity index (χ0v) is 15.8. The molecule has 6 heteroatoms. The minimum absolute atomic E-state index is 0.156. The molecule has 0 bridgehead atoms. The smallest absolute Gasteiger partial charge is 0.360 e. The molecule has 140 valence electrons. The number of esters is 1. The Hall–Kier alpha value is -2.99. The molecule has 0 aliphatic rings. The molecule has 1 heterocycles. The zero-order valence-electron chi connectivity index (χ0n) is 15.8. The van der Waals surface area contributed by atoms with Gasteiger partial charge < -0.3 is 14.8 Å². The van der Waals surface area contributed by atoms with Crippen molar-refractivity contribution in [2.24, 2.45) is 0 Å². The van der Waals surface area contributed by atoms with Gasteiger partial charge in [0.25, 0.3) is 0 Å². The quantitative estimate of drug-likeness (QED) is 0.500. The van der Waals surface area contributed by atoms with Crippen LogP contribution >= 0.6 is 0 Å². The number of fused-ring (bicyclic) bond motifs is 1. The van der Waals surface area contributed by atoms with Gasteiger partial charge in [0, 0.05) is 12.3 Å². The molecule has 2 aromatic carbocycles. The van der Waals surface area contributed by atoms with Crippen molar-refractivity contribution in [3.05, 3.63) is 59.3 Å². The first-order valence-electron chi connectivity index (χ1n) is 8.94. The summed E-state index contributed by atoms with van der Waals surface area (Å²) in [5.41, 5.74) is 4.68. The van der Waals surface area contributed by atoms with E-state index in [0.29, 0.717) is 30.1 Å². The van der Waals surface area contributed by atoms with E-state index in [1.54, 1.807) is 0 Å². The van der Waals surface area contributed by atoms with Crippen LogP contribution in [0, 0.1) is 13.8 Å². The van der Waals surface area contributed by atoms with Gasteiger partial charge in [-0.15, -0.1) is 0 Å². The summed E-state index contributed by atoms with van der Waals surface area (Å²) < 4.78 is 10.5. The van der Waals surface area contributed by atoms with E-state index in [-0.39, 0.29) is 12.3 Å². The van der Waals surface area contributed by atoms with Gasteiger partial charge in [0.15, 0.2) is 11.5 Å². The molecule has 6 nitrogen and oxygen atoms in total. The van der Waals surface area contributed by atoms with Crippen LogP contribution in [0.4, 0.5) is 11.5 Å². The number of rotatable bonds is 7. The molecule has 0 saturated carbocycles. The standard InChI is InChI=1S/C21H23N3O3/c1-4-26-11-12-27-21(25)19-20(22-16-10-9-14(2)15(3)13-16)24-18-8-6-5-7-17(18)23-19/h5-10,13H,4,11-12H2,1-3H3,(H,22,24). The Kier molecular flexibility index (Phi) is 5.98. The molecule has 0 aliphatic carbocycles. The van der Waals surface area contributed by atoms with Crippen LogP contribution in [-0.4, -0.2) is 35.8 Å². The highest BCUT2D eigenvalue weighted by Crippen LogP contribution is 2.23. The first-order chi connectivity index (χ1) is 13.1. The van der Waals surface area contributed by atoms with Gasteiger partial charge in [-0.05, 0) is 56.2 Å². The van der Waals surface area contributed by atoms with E-state index in [9.17, 15) is 4.79 Å². The molecule has 0 aliphatic heterocycles. The summed E-state index contributed by atoms with van der Waals surface area (Å²) in [5.74, 6) is -0.155. The number of aryl methyl sites for hydroxylation is 2. The molecule has 0 amide bonds. The number of ether oxygens (including phenoxy) is 2. The van der Waals surface area contributed by atoms with E-state index in [4.69, 9.17) is 9.47 Å². The summed E-state index contributed by atoms with van der Waals surface area (Å²) >= 11 is 0. The molecule has 1 N–H and O–H groups in total.